The quantitative estimate of drug-likeness (QED) is 0.607. The van der Waals surface area contributed by atoms with Gasteiger partial charge >= 0.3 is 5.97 Å². The van der Waals surface area contributed by atoms with Crippen molar-refractivity contribution in [2.24, 2.45) is 0 Å². The molecule has 0 saturated carbocycles. The summed E-state index contributed by atoms with van der Waals surface area (Å²) in [5.41, 5.74) is 4.27. The first-order valence-corrected chi connectivity index (χ1v) is 10.5. The van der Waals surface area contributed by atoms with E-state index >= 15 is 0 Å². The second kappa shape index (κ2) is 9.91. The highest BCUT2D eigenvalue weighted by Gasteiger charge is 2.22. The number of hydrogen-bond donors (Lipinski definition) is 3. The van der Waals surface area contributed by atoms with Gasteiger partial charge in [-0.25, -0.2) is 4.79 Å². The number of carbonyl (C=O) groups is 2. The number of H-pyrrole nitrogens is 1. The molecule has 0 unspecified atom stereocenters. The van der Waals surface area contributed by atoms with Crippen molar-refractivity contribution in [2.75, 3.05) is 19.7 Å². The summed E-state index contributed by atoms with van der Waals surface area (Å²) in [6.45, 7) is 8.67. The summed E-state index contributed by atoms with van der Waals surface area (Å²) in [5.74, 6) is -0.663. The van der Waals surface area contributed by atoms with E-state index in [1.807, 2.05) is 12.1 Å². The van der Waals surface area contributed by atoms with E-state index in [2.05, 4.69) is 27.3 Å². The van der Waals surface area contributed by atoms with E-state index in [1.165, 1.54) is 5.56 Å². The van der Waals surface area contributed by atoms with Crippen LogP contribution in [0.15, 0.2) is 24.3 Å². The number of benzene rings is 1. The maximum absolute atomic E-state index is 12.6. The molecule has 7 nitrogen and oxygen atoms in total. The Kier molecular flexibility index (Phi) is 7.29. The zero-order chi connectivity index (χ0) is 21.7. The number of nitrogens with zero attached hydrogens (tertiary/aromatic N) is 1. The summed E-state index contributed by atoms with van der Waals surface area (Å²) in [5, 5.41) is 12.5. The smallest absolute Gasteiger partial charge is 0.340 e. The highest BCUT2D eigenvalue weighted by atomic mass is 16.5. The first-order chi connectivity index (χ1) is 14.4. The first-order valence-electron chi connectivity index (χ1n) is 10.5. The van der Waals surface area contributed by atoms with Gasteiger partial charge in [0.25, 0.3) is 5.91 Å². The highest BCUT2D eigenvalue weighted by Crippen LogP contribution is 2.19. The van der Waals surface area contributed by atoms with Gasteiger partial charge in [0, 0.05) is 31.9 Å². The van der Waals surface area contributed by atoms with Gasteiger partial charge in [0.15, 0.2) is 0 Å². The lowest BCUT2D eigenvalue weighted by molar-refractivity contribution is 0.0525. The Labute approximate surface area is 177 Å². The first kappa shape index (κ1) is 22.1. The third-order valence-corrected chi connectivity index (χ3v) is 5.58. The van der Waals surface area contributed by atoms with E-state index < -0.39 is 5.97 Å². The monoisotopic (exact) mass is 413 g/mol. The van der Waals surface area contributed by atoms with E-state index in [0.29, 0.717) is 35.7 Å². The Hall–Kier alpha value is -2.64. The molecule has 1 saturated heterocycles. The molecule has 0 atom stereocenters. The maximum Gasteiger partial charge on any atom is 0.340 e. The summed E-state index contributed by atoms with van der Waals surface area (Å²) in [4.78, 5) is 30.1. The molecule has 1 aliphatic rings. The zero-order valence-corrected chi connectivity index (χ0v) is 18.0. The number of likely N-dealkylation sites (tertiary alicyclic amines) is 1. The largest absolute Gasteiger partial charge is 0.462 e. The van der Waals surface area contributed by atoms with Crippen molar-refractivity contribution in [3.05, 3.63) is 57.9 Å². The minimum Gasteiger partial charge on any atom is -0.462 e. The Morgan fingerprint density at radius 2 is 1.80 bits per heavy atom. The van der Waals surface area contributed by atoms with Crippen LogP contribution in [0.5, 0.6) is 0 Å². The molecule has 1 aromatic heterocycles. The van der Waals surface area contributed by atoms with Crippen LogP contribution in [0, 0.1) is 13.8 Å². The number of aryl methyl sites for hydroxylation is 1. The molecule has 0 bridgehead atoms. The lowest BCUT2D eigenvalue weighted by Gasteiger charge is -2.29. The number of amides is 1. The molecule has 2 heterocycles. The van der Waals surface area contributed by atoms with Crippen LogP contribution in [0.4, 0.5) is 0 Å². The average Bonchev–Trinajstić information content (AvgIpc) is 3.03. The number of piperidine rings is 1. The molecule has 3 rings (SSSR count). The molecule has 0 spiro atoms. The van der Waals surface area contributed by atoms with Crippen LogP contribution in [0.3, 0.4) is 0 Å². The van der Waals surface area contributed by atoms with E-state index in [4.69, 9.17) is 4.74 Å². The van der Waals surface area contributed by atoms with Gasteiger partial charge in [0.2, 0.25) is 0 Å². The average molecular weight is 414 g/mol. The molecule has 1 fully saturated rings. The van der Waals surface area contributed by atoms with Crippen LogP contribution in [0.1, 0.15) is 63.0 Å². The van der Waals surface area contributed by atoms with Gasteiger partial charge < -0.3 is 20.1 Å². The molecule has 0 radical (unpaired) electrons. The van der Waals surface area contributed by atoms with Crippen LogP contribution in [0.25, 0.3) is 0 Å². The van der Waals surface area contributed by atoms with Crippen molar-refractivity contribution in [3.8, 4) is 0 Å². The molecule has 7 heteroatoms. The molecule has 1 aliphatic heterocycles. The van der Waals surface area contributed by atoms with E-state index in [9.17, 15) is 14.7 Å². The number of aromatic nitrogens is 1. The Morgan fingerprint density at radius 1 is 1.17 bits per heavy atom. The zero-order valence-electron chi connectivity index (χ0n) is 18.0. The Balaban J connectivity index is 1.56. The van der Waals surface area contributed by atoms with Crippen molar-refractivity contribution in [3.63, 3.8) is 0 Å². The minimum atomic E-state index is -0.415. The number of nitrogens with one attached hydrogen (secondary N) is 2. The molecular formula is C23H31N3O4. The second-order valence-corrected chi connectivity index (χ2v) is 7.85. The number of hydrogen-bond acceptors (Lipinski definition) is 5. The lowest BCUT2D eigenvalue weighted by Crippen LogP contribution is -2.35. The Bertz CT molecular complexity index is 881. The third-order valence-electron chi connectivity index (χ3n) is 5.58. The second-order valence-electron chi connectivity index (χ2n) is 7.85. The topological polar surface area (TPSA) is 94.7 Å². The fourth-order valence-corrected chi connectivity index (χ4v) is 3.86. The minimum absolute atomic E-state index is 0.160. The standard InChI is InChI=1S/C23H31N3O4/c1-4-30-23(29)20-15(2)21(25-16(20)3)22(28)24-13-17-5-7-18(8-6-17)14-26-11-9-19(27)10-12-26/h5-8,19,25,27H,4,9-14H2,1-3H3,(H,24,28). The molecule has 3 N–H and O–H groups in total. The number of carbonyl (C=O) groups excluding carboxylic acids is 2. The number of rotatable bonds is 7. The van der Waals surface area contributed by atoms with Gasteiger partial charge in [-0.1, -0.05) is 24.3 Å². The summed E-state index contributed by atoms with van der Waals surface area (Å²) >= 11 is 0. The third kappa shape index (κ3) is 5.29. The fraction of sp³-hybridized carbons (Fsp3) is 0.478. The number of ether oxygens (including phenoxy) is 1. The maximum atomic E-state index is 12.6. The van der Waals surface area contributed by atoms with Crippen LogP contribution in [0.2, 0.25) is 0 Å². The predicted molar refractivity (Wildman–Crippen MR) is 114 cm³/mol. The van der Waals surface area contributed by atoms with Gasteiger partial charge in [0.05, 0.1) is 18.3 Å². The van der Waals surface area contributed by atoms with Crippen LogP contribution >= 0.6 is 0 Å². The molecule has 30 heavy (non-hydrogen) atoms. The summed E-state index contributed by atoms with van der Waals surface area (Å²) in [6.07, 6.45) is 1.51. The molecule has 1 aromatic carbocycles. The molecule has 162 valence electrons. The number of esters is 1. The number of aliphatic hydroxyl groups excluding tert-OH is 1. The van der Waals surface area contributed by atoms with E-state index in [-0.39, 0.29) is 12.0 Å². The SMILES string of the molecule is CCOC(=O)c1c(C)[nH]c(C(=O)NCc2ccc(CN3CCC(O)CC3)cc2)c1C. The number of aromatic amines is 1. The Morgan fingerprint density at radius 3 is 2.43 bits per heavy atom. The van der Waals surface area contributed by atoms with Crippen LogP contribution < -0.4 is 5.32 Å². The van der Waals surface area contributed by atoms with Gasteiger partial charge in [-0.15, -0.1) is 0 Å². The van der Waals surface area contributed by atoms with Gasteiger partial charge in [0.1, 0.15) is 5.69 Å². The van der Waals surface area contributed by atoms with Gasteiger partial charge in [-0.3, -0.25) is 9.69 Å². The van der Waals surface area contributed by atoms with Crippen molar-refractivity contribution in [1.29, 1.82) is 0 Å². The molecule has 2 aromatic rings. The van der Waals surface area contributed by atoms with Crippen molar-refractivity contribution in [2.45, 2.75) is 52.8 Å². The molecule has 0 aliphatic carbocycles. The van der Waals surface area contributed by atoms with Crippen LogP contribution in [-0.2, 0) is 17.8 Å². The van der Waals surface area contributed by atoms with Crippen molar-refractivity contribution < 1.29 is 19.4 Å². The highest BCUT2D eigenvalue weighted by molar-refractivity contribution is 6.00. The van der Waals surface area contributed by atoms with Crippen molar-refractivity contribution in [1.82, 2.24) is 15.2 Å². The lowest BCUT2D eigenvalue weighted by atomic mass is 10.1. The summed E-state index contributed by atoms with van der Waals surface area (Å²) < 4.78 is 5.08. The molecular weight excluding hydrogens is 382 g/mol. The summed E-state index contributed by atoms with van der Waals surface area (Å²) in [7, 11) is 0. The van der Waals surface area contributed by atoms with E-state index in [1.54, 1.807) is 20.8 Å². The van der Waals surface area contributed by atoms with Gasteiger partial charge in [-0.05, 0) is 50.3 Å². The fourth-order valence-electron chi connectivity index (χ4n) is 3.86. The van der Waals surface area contributed by atoms with E-state index in [0.717, 1.165) is 38.0 Å². The normalized spacial score (nSPS) is 15.2. The van der Waals surface area contributed by atoms with Crippen LogP contribution in [-0.4, -0.2) is 52.7 Å². The number of aliphatic hydroxyl groups is 1. The van der Waals surface area contributed by atoms with Crippen molar-refractivity contribution >= 4 is 11.9 Å². The predicted octanol–water partition coefficient (Wildman–Crippen LogP) is 2.69. The summed E-state index contributed by atoms with van der Waals surface area (Å²) in [6, 6.07) is 8.20. The van der Waals surface area contributed by atoms with Gasteiger partial charge in [-0.2, -0.15) is 0 Å². The molecule has 1 amide bonds.